The number of rotatable bonds is 7. The van der Waals surface area contributed by atoms with E-state index in [-0.39, 0.29) is 31.3 Å². The lowest BCUT2D eigenvalue weighted by atomic mass is 10.1. The third kappa shape index (κ3) is 5.28. The van der Waals surface area contributed by atoms with Gasteiger partial charge in [0, 0.05) is 46.1 Å². The van der Waals surface area contributed by atoms with Gasteiger partial charge in [-0.1, -0.05) is 25.5 Å². The summed E-state index contributed by atoms with van der Waals surface area (Å²) >= 11 is 0. The van der Waals surface area contributed by atoms with Gasteiger partial charge in [-0.05, 0) is 24.1 Å². The minimum absolute atomic E-state index is 0.0697. The minimum atomic E-state index is -3.53. The predicted octanol–water partition coefficient (Wildman–Crippen LogP) is 0.998. The smallest absolute Gasteiger partial charge is 0.243 e. The molecule has 0 aliphatic carbocycles. The van der Waals surface area contributed by atoms with Crippen LogP contribution in [0.1, 0.15) is 32.3 Å². The largest absolute Gasteiger partial charge is 0.356 e. The van der Waals surface area contributed by atoms with Crippen molar-refractivity contribution in [1.82, 2.24) is 14.5 Å². The number of amides is 2. The molecule has 7 nitrogen and oxygen atoms in total. The van der Waals surface area contributed by atoms with Gasteiger partial charge in [-0.2, -0.15) is 4.31 Å². The lowest BCUT2D eigenvalue weighted by Crippen LogP contribution is -2.50. The summed E-state index contributed by atoms with van der Waals surface area (Å²) in [6.45, 7) is 5.09. The van der Waals surface area contributed by atoms with Crippen molar-refractivity contribution in [2.75, 3.05) is 32.7 Å². The molecule has 1 N–H and O–H groups in total. The number of sulfonamides is 1. The van der Waals surface area contributed by atoms with Crippen LogP contribution in [0.4, 0.5) is 0 Å². The molecule has 0 spiro atoms. The summed E-state index contributed by atoms with van der Waals surface area (Å²) in [5.41, 5.74) is 1.13. The van der Waals surface area contributed by atoms with Crippen LogP contribution in [0, 0.1) is 0 Å². The van der Waals surface area contributed by atoms with Crippen molar-refractivity contribution in [2.24, 2.45) is 0 Å². The zero-order chi connectivity index (χ0) is 19.2. The van der Waals surface area contributed by atoms with E-state index in [4.69, 9.17) is 0 Å². The molecule has 1 aliphatic heterocycles. The molecule has 0 bridgehead atoms. The van der Waals surface area contributed by atoms with E-state index in [1.165, 1.54) is 11.2 Å². The summed E-state index contributed by atoms with van der Waals surface area (Å²) in [5, 5.41) is 2.59. The summed E-state index contributed by atoms with van der Waals surface area (Å²) in [7, 11) is -3.53. The lowest BCUT2D eigenvalue weighted by Gasteiger charge is -2.34. The highest BCUT2D eigenvalue weighted by Crippen LogP contribution is 2.19. The molecule has 0 aromatic heterocycles. The maximum Gasteiger partial charge on any atom is 0.243 e. The summed E-state index contributed by atoms with van der Waals surface area (Å²) in [5.74, 6) is -0.238. The third-order valence-electron chi connectivity index (χ3n) is 4.40. The summed E-state index contributed by atoms with van der Waals surface area (Å²) in [4.78, 5) is 24.9. The first kappa shape index (κ1) is 20.4. The molecule has 1 saturated heterocycles. The van der Waals surface area contributed by atoms with Crippen LogP contribution < -0.4 is 5.32 Å². The molecule has 1 fully saturated rings. The van der Waals surface area contributed by atoms with Crippen molar-refractivity contribution in [1.29, 1.82) is 0 Å². The molecule has 0 atom stereocenters. The van der Waals surface area contributed by atoms with E-state index in [2.05, 4.69) is 12.2 Å². The van der Waals surface area contributed by atoms with Gasteiger partial charge in [0.25, 0.3) is 0 Å². The van der Waals surface area contributed by atoms with Gasteiger partial charge in [0.15, 0.2) is 0 Å². The second-order valence-corrected chi connectivity index (χ2v) is 8.35. The van der Waals surface area contributed by atoms with Gasteiger partial charge in [0.05, 0.1) is 4.90 Å². The van der Waals surface area contributed by atoms with Crippen molar-refractivity contribution >= 4 is 21.8 Å². The fourth-order valence-corrected chi connectivity index (χ4v) is 4.37. The number of aryl methyl sites for hydroxylation is 1. The van der Waals surface area contributed by atoms with E-state index in [9.17, 15) is 18.0 Å². The van der Waals surface area contributed by atoms with Crippen molar-refractivity contribution in [3.05, 3.63) is 29.8 Å². The van der Waals surface area contributed by atoms with Crippen molar-refractivity contribution in [3.63, 3.8) is 0 Å². The highest BCUT2D eigenvalue weighted by Gasteiger charge is 2.29. The Morgan fingerprint density at radius 2 is 1.69 bits per heavy atom. The molecule has 1 heterocycles. The zero-order valence-corrected chi connectivity index (χ0v) is 16.2. The number of benzene rings is 1. The molecule has 0 radical (unpaired) electrons. The van der Waals surface area contributed by atoms with Crippen LogP contribution in [0.2, 0.25) is 0 Å². The quantitative estimate of drug-likeness (QED) is 0.763. The van der Waals surface area contributed by atoms with Crippen LogP contribution >= 0.6 is 0 Å². The average molecular weight is 381 g/mol. The Bertz CT molecular complexity index is 723. The van der Waals surface area contributed by atoms with Crippen LogP contribution in [0.5, 0.6) is 0 Å². The minimum Gasteiger partial charge on any atom is -0.356 e. The number of nitrogens with zero attached hydrogens (tertiary/aromatic N) is 2. The molecule has 26 heavy (non-hydrogen) atoms. The van der Waals surface area contributed by atoms with Crippen LogP contribution in [-0.4, -0.2) is 62.2 Å². The van der Waals surface area contributed by atoms with Crippen LogP contribution in [0.25, 0.3) is 0 Å². The summed E-state index contributed by atoms with van der Waals surface area (Å²) < 4.78 is 26.9. The predicted molar refractivity (Wildman–Crippen MR) is 99.1 cm³/mol. The Hall–Kier alpha value is -1.93. The first-order valence-corrected chi connectivity index (χ1v) is 10.4. The first-order valence-electron chi connectivity index (χ1n) is 8.96. The summed E-state index contributed by atoms with van der Waals surface area (Å²) in [6, 6.07) is 7.03. The third-order valence-corrected chi connectivity index (χ3v) is 6.32. The van der Waals surface area contributed by atoms with Crippen LogP contribution in [-0.2, 0) is 26.0 Å². The van der Waals surface area contributed by atoms with Gasteiger partial charge in [-0.15, -0.1) is 0 Å². The van der Waals surface area contributed by atoms with Crippen molar-refractivity contribution in [2.45, 2.75) is 38.0 Å². The normalized spacial score (nSPS) is 15.7. The molecule has 2 amide bonds. The fraction of sp³-hybridized carbons (Fsp3) is 0.556. The number of carbonyl (C=O) groups excluding carboxylic acids is 2. The van der Waals surface area contributed by atoms with E-state index in [0.29, 0.717) is 24.5 Å². The Morgan fingerprint density at radius 1 is 1.08 bits per heavy atom. The van der Waals surface area contributed by atoms with Gasteiger partial charge >= 0.3 is 0 Å². The molecule has 1 aromatic carbocycles. The van der Waals surface area contributed by atoms with Gasteiger partial charge in [-0.25, -0.2) is 8.42 Å². The monoisotopic (exact) mass is 381 g/mol. The Kier molecular flexibility index (Phi) is 7.16. The van der Waals surface area contributed by atoms with Gasteiger partial charge in [0.2, 0.25) is 21.8 Å². The number of hydrogen-bond donors (Lipinski definition) is 1. The topological polar surface area (TPSA) is 86.8 Å². The number of nitrogens with one attached hydrogen (secondary N) is 1. The van der Waals surface area contributed by atoms with E-state index < -0.39 is 10.0 Å². The van der Waals surface area contributed by atoms with Crippen molar-refractivity contribution in [3.8, 4) is 0 Å². The van der Waals surface area contributed by atoms with Gasteiger partial charge in [-0.3, -0.25) is 9.59 Å². The van der Waals surface area contributed by atoms with E-state index in [1.807, 2.05) is 12.1 Å². The molecule has 1 aliphatic rings. The zero-order valence-electron chi connectivity index (χ0n) is 15.4. The second-order valence-electron chi connectivity index (χ2n) is 6.41. The Balaban J connectivity index is 1.91. The van der Waals surface area contributed by atoms with E-state index in [1.54, 1.807) is 17.0 Å². The van der Waals surface area contributed by atoms with E-state index in [0.717, 1.165) is 18.4 Å². The summed E-state index contributed by atoms with van der Waals surface area (Å²) in [6.07, 6.45) is 2.18. The maximum absolute atomic E-state index is 12.8. The number of hydrogen-bond acceptors (Lipinski definition) is 4. The highest BCUT2D eigenvalue weighted by atomic mass is 32.2. The van der Waals surface area contributed by atoms with Crippen LogP contribution in [0.3, 0.4) is 0 Å². The Labute approximate surface area is 155 Å². The van der Waals surface area contributed by atoms with Crippen LogP contribution in [0.15, 0.2) is 29.2 Å². The highest BCUT2D eigenvalue weighted by molar-refractivity contribution is 7.89. The number of piperazine rings is 1. The molecule has 2 rings (SSSR count). The van der Waals surface area contributed by atoms with Gasteiger partial charge in [0.1, 0.15) is 0 Å². The maximum atomic E-state index is 12.8. The molecule has 0 saturated carbocycles. The average Bonchev–Trinajstić information content (AvgIpc) is 2.62. The molecular weight excluding hydrogens is 354 g/mol. The molecule has 144 valence electrons. The molecule has 0 unspecified atom stereocenters. The molecule has 1 aromatic rings. The van der Waals surface area contributed by atoms with E-state index >= 15 is 0 Å². The van der Waals surface area contributed by atoms with Gasteiger partial charge < -0.3 is 10.2 Å². The lowest BCUT2D eigenvalue weighted by molar-refractivity contribution is -0.132. The Morgan fingerprint density at radius 3 is 2.23 bits per heavy atom. The number of carbonyl (C=O) groups is 2. The second kappa shape index (κ2) is 9.14. The fourth-order valence-electron chi connectivity index (χ4n) is 2.95. The first-order chi connectivity index (χ1) is 12.3. The van der Waals surface area contributed by atoms with Crippen molar-refractivity contribution < 1.29 is 18.0 Å². The standard InChI is InChI=1S/C18H27N3O4S/c1-3-4-16-5-7-17(8-6-16)26(24,25)21-13-11-20(12-14-21)18(23)9-10-19-15(2)22/h5-8H,3-4,9-14H2,1-2H3,(H,19,22). The SMILES string of the molecule is CCCc1ccc(S(=O)(=O)N2CCN(C(=O)CCNC(C)=O)CC2)cc1. The molecule has 8 heteroatoms. The molecular formula is C18H27N3O4S.